The number of rotatable bonds is 1. The number of hydrogen-bond donors (Lipinski definition) is 1. The Labute approximate surface area is 111 Å². The van der Waals surface area contributed by atoms with E-state index < -0.39 is 11.7 Å². The molecule has 0 unspecified atom stereocenters. The first-order chi connectivity index (χ1) is 7.29. The van der Waals surface area contributed by atoms with E-state index in [1.54, 1.807) is 12.4 Å². The summed E-state index contributed by atoms with van der Waals surface area (Å²) in [6, 6.07) is 0. The van der Waals surface area contributed by atoms with Gasteiger partial charge in [0.15, 0.2) is 0 Å². The van der Waals surface area contributed by atoms with Crippen LogP contribution < -0.4 is 5.32 Å². The molecule has 0 bridgehead atoms. The molecule has 88 valence electrons. The van der Waals surface area contributed by atoms with E-state index in [2.05, 4.69) is 42.2 Å². The molecule has 16 heavy (non-hydrogen) atoms. The number of hydrogen-bond acceptors (Lipinski definition) is 3. The molecule has 0 aromatic carbocycles. The molecule has 0 spiro atoms. The van der Waals surface area contributed by atoms with Crippen LogP contribution in [0.25, 0.3) is 0 Å². The molecule has 1 heterocycles. The van der Waals surface area contributed by atoms with Crippen molar-refractivity contribution in [2.24, 2.45) is 0 Å². The van der Waals surface area contributed by atoms with Crippen molar-refractivity contribution in [2.75, 3.05) is 5.32 Å². The topological polar surface area (TPSA) is 51.2 Å². The van der Waals surface area contributed by atoms with Crippen molar-refractivity contribution in [3.8, 4) is 0 Å². The number of ether oxygens (including phenoxy) is 1. The third kappa shape index (κ3) is 4.09. The Morgan fingerprint density at radius 2 is 1.81 bits per heavy atom. The molecule has 1 aromatic heterocycles. The molecular weight excluding hydrogens is 340 g/mol. The van der Waals surface area contributed by atoms with Gasteiger partial charge in [0.05, 0.1) is 14.6 Å². The summed E-state index contributed by atoms with van der Waals surface area (Å²) in [5.74, 6) is 0. The molecule has 0 aliphatic carbocycles. The van der Waals surface area contributed by atoms with Gasteiger partial charge in [0.2, 0.25) is 0 Å². The number of halogens is 2. The van der Waals surface area contributed by atoms with E-state index in [1.165, 1.54) is 0 Å². The predicted molar refractivity (Wildman–Crippen MR) is 69.5 cm³/mol. The highest BCUT2D eigenvalue weighted by Crippen LogP contribution is 2.29. The number of carbonyl (C=O) groups is 1. The molecule has 0 fully saturated rings. The van der Waals surface area contributed by atoms with Gasteiger partial charge in [-0.25, -0.2) is 4.79 Å². The van der Waals surface area contributed by atoms with Crippen molar-refractivity contribution >= 4 is 43.6 Å². The van der Waals surface area contributed by atoms with Gasteiger partial charge in [0.1, 0.15) is 5.60 Å². The predicted octanol–water partition coefficient (Wildman–Crippen LogP) is 3.95. The van der Waals surface area contributed by atoms with E-state index in [0.29, 0.717) is 14.6 Å². The zero-order chi connectivity index (χ0) is 12.3. The van der Waals surface area contributed by atoms with E-state index in [0.717, 1.165) is 0 Å². The monoisotopic (exact) mass is 350 g/mol. The van der Waals surface area contributed by atoms with Crippen LogP contribution in [0.15, 0.2) is 21.3 Å². The van der Waals surface area contributed by atoms with Crippen LogP contribution in [-0.2, 0) is 4.74 Å². The first-order valence-electron chi connectivity index (χ1n) is 4.58. The lowest BCUT2D eigenvalue weighted by atomic mass is 10.2. The quantitative estimate of drug-likeness (QED) is 0.833. The molecule has 0 atom stereocenters. The SMILES string of the molecule is CC(C)(C)OC(=O)Nc1c(Br)cncc1Br. The molecule has 0 aliphatic heterocycles. The molecule has 1 amide bonds. The Hall–Kier alpha value is -0.620. The third-order valence-corrected chi connectivity index (χ3v) is 2.68. The van der Waals surface area contributed by atoms with Crippen molar-refractivity contribution in [1.82, 2.24) is 4.98 Å². The summed E-state index contributed by atoms with van der Waals surface area (Å²) < 4.78 is 6.51. The van der Waals surface area contributed by atoms with Crippen LogP contribution in [-0.4, -0.2) is 16.7 Å². The lowest BCUT2D eigenvalue weighted by Gasteiger charge is -2.20. The van der Waals surface area contributed by atoms with E-state index >= 15 is 0 Å². The van der Waals surface area contributed by atoms with Crippen molar-refractivity contribution in [3.05, 3.63) is 21.3 Å². The highest BCUT2D eigenvalue weighted by Gasteiger charge is 2.17. The van der Waals surface area contributed by atoms with Gasteiger partial charge in [-0.15, -0.1) is 0 Å². The van der Waals surface area contributed by atoms with Crippen molar-refractivity contribution in [2.45, 2.75) is 26.4 Å². The summed E-state index contributed by atoms with van der Waals surface area (Å²) in [6.45, 7) is 5.43. The number of amides is 1. The third-order valence-electron chi connectivity index (χ3n) is 1.48. The zero-order valence-electron chi connectivity index (χ0n) is 9.17. The van der Waals surface area contributed by atoms with Crippen molar-refractivity contribution in [1.29, 1.82) is 0 Å². The second-order valence-corrected chi connectivity index (χ2v) is 5.81. The first kappa shape index (κ1) is 13.4. The first-order valence-corrected chi connectivity index (χ1v) is 6.17. The summed E-state index contributed by atoms with van der Waals surface area (Å²) in [7, 11) is 0. The molecular formula is C10H12Br2N2O2. The molecule has 1 rings (SSSR count). The van der Waals surface area contributed by atoms with Crippen molar-refractivity contribution in [3.63, 3.8) is 0 Å². The van der Waals surface area contributed by atoms with Crippen LogP contribution in [0.4, 0.5) is 10.5 Å². The van der Waals surface area contributed by atoms with Crippen LogP contribution in [0.1, 0.15) is 20.8 Å². The fraction of sp³-hybridized carbons (Fsp3) is 0.400. The van der Waals surface area contributed by atoms with E-state index in [1.807, 2.05) is 20.8 Å². The second-order valence-electron chi connectivity index (χ2n) is 4.11. The normalized spacial score (nSPS) is 11.1. The fourth-order valence-corrected chi connectivity index (χ4v) is 2.06. The number of nitrogens with one attached hydrogen (secondary N) is 1. The van der Waals surface area contributed by atoms with Gasteiger partial charge in [-0.2, -0.15) is 0 Å². The highest BCUT2D eigenvalue weighted by molar-refractivity contribution is 9.11. The Morgan fingerprint density at radius 1 is 1.31 bits per heavy atom. The fourth-order valence-electron chi connectivity index (χ4n) is 0.936. The van der Waals surface area contributed by atoms with Gasteiger partial charge in [0.25, 0.3) is 0 Å². The van der Waals surface area contributed by atoms with E-state index in [-0.39, 0.29) is 0 Å². The standard InChI is InChI=1S/C10H12Br2N2O2/c1-10(2,3)16-9(15)14-8-6(11)4-13-5-7(8)12/h4-5H,1-3H3,(H,13,14,15). The average molecular weight is 352 g/mol. The smallest absolute Gasteiger partial charge is 0.412 e. The lowest BCUT2D eigenvalue weighted by Crippen LogP contribution is -2.27. The van der Waals surface area contributed by atoms with Crippen LogP contribution in [0.2, 0.25) is 0 Å². The number of carbonyl (C=O) groups excluding carboxylic acids is 1. The maximum atomic E-state index is 11.5. The zero-order valence-corrected chi connectivity index (χ0v) is 12.3. The highest BCUT2D eigenvalue weighted by atomic mass is 79.9. The summed E-state index contributed by atoms with van der Waals surface area (Å²) in [6.07, 6.45) is 2.69. The van der Waals surface area contributed by atoms with Gasteiger partial charge in [-0.05, 0) is 52.6 Å². The minimum Gasteiger partial charge on any atom is -0.444 e. The van der Waals surface area contributed by atoms with Gasteiger partial charge in [-0.1, -0.05) is 0 Å². The Morgan fingerprint density at radius 3 is 2.25 bits per heavy atom. The molecule has 1 aromatic rings. The summed E-state index contributed by atoms with van der Waals surface area (Å²) in [5.41, 5.74) is 0.0834. The van der Waals surface area contributed by atoms with Crippen molar-refractivity contribution < 1.29 is 9.53 Å². The van der Waals surface area contributed by atoms with Crippen LogP contribution >= 0.6 is 31.9 Å². The molecule has 0 saturated heterocycles. The van der Waals surface area contributed by atoms with Crippen LogP contribution in [0, 0.1) is 0 Å². The van der Waals surface area contributed by atoms with Gasteiger partial charge < -0.3 is 4.74 Å². The summed E-state index contributed by atoms with van der Waals surface area (Å²) >= 11 is 6.58. The molecule has 6 heteroatoms. The Balaban J connectivity index is 2.78. The average Bonchev–Trinajstić information content (AvgIpc) is 2.08. The maximum absolute atomic E-state index is 11.5. The van der Waals surface area contributed by atoms with Crippen LogP contribution in [0.3, 0.4) is 0 Å². The van der Waals surface area contributed by atoms with Gasteiger partial charge in [0, 0.05) is 12.4 Å². The largest absolute Gasteiger partial charge is 0.444 e. The number of nitrogens with zero attached hydrogens (tertiary/aromatic N) is 1. The van der Waals surface area contributed by atoms with Crippen LogP contribution in [0.5, 0.6) is 0 Å². The summed E-state index contributed by atoms with van der Waals surface area (Å²) in [4.78, 5) is 15.5. The maximum Gasteiger partial charge on any atom is 0.412 e. The number of anilines is 1. The Bertz CT molecular complexity index is 382. The summed E-state index contributed by atoms with van der Waals surface area (Å²) in [5, 5.41) is 2.64. The van der Waals surface area contributed by atoms with Gasteiger partial charge >= 0.3 is 6.09 Å². The lowest BCUT2D eigenvalue weighted by molar-refractivity contribution is 0.0635. The minimum atomic E-state index is -0.518. The Kier molecular flexibility index (Phi) is 4.32. The molecule has 1 N–H and O–H groups in total. The van der Waals surface area contributed by atoms with Gasteiger partial charge in [-0.3, -0.25) is 10.3 Å². The molecule has 4 nitrogen and oxygen atoms in total. The molecule has 0 radical (unpaired) electrons. The number of pyridine rings is 1. The minimum absolute atomic E-state index is 0.500. The van der Waals surface area contributed by atoms with E-state index in [4.69, 9.17) is 4.74 Å². The van der Waals surface area contributed by atoms with E-state index in [9.17, 15) is 4.79 Å². The number of aromatic nitrogens is 1. The molecule has 0 saturated carbocycles. The molecule has 0 aliphatic rings. The second kappa shape index (κ2) is 5.14.